The molecular weight excluding hydrogens is 300 g/mol. The number of carbonyl (C=O) groups excluding carboxylic acids is 1. The van der Waals surface area contributed by atoms with E-state index in [1.54, 1.807) is 12.1 Å². The number of halogens is 1. The molecule has 0 aromatic heterocycles. The van der Waals surface area contributed by atoms with Crippen molar-refractivity contribution >= 4 is 23.2 Å². The Balaban J connectivity index is 2.19. The van der Waals surface area contributed by atoms with Gasteiger partial charge in [-0.05, 0) is 37.2 Å². The first-order valence-electron chi connectivity index (χ1n) is 7.86. The lowest BCUT2D eigenvalue weighted by Crippen LogP contribution is -2.32. The van der Waals surface area contributed by atoms with Crippen molar-refractivity contribution in [2.75, 3.05) is 25.9 Å². The molecule has 122 valence electrons. The predicted molar refractivity (Wildman–Crippen MR) is 90.5 cm³/mol. The van der Waals surface area contributed by atoms with Crippen molar-refractivity contribution in [2.45, 2.75) is 33.1 Å². The highest BCUT2D eigenvalue weighted by Gasteiger charge is 2.25. The average molecular weight is 325 g/mol. The van der Waals surface area contributed by atoms with Gasteiger partial charge in [0.2, 0.25) is 0 Å². The number of hydrogen-bond donors (Lipinski definition) is 1. The summed E-state index contributed by atoms with van der Waals surface area (Å²) in [6, 6.07) is 3.23. The van der Waals surface area contributed by atoms with E-state index in [1.807, 2.05) is 4.90 Å². The van der Waals surface area contributed by atoms with Gasteiger partial charge in [0.1, 0.15) is 5.75 Å². The Morgan fingerprint density at radius 3 is 2.73 bits per heavy atom. The van der Waals surface area contributed by atoms with Crippen molar-refractivity contribution in [3.8, 4) is 5.75 Å². The molecule has 2 N–H and O–H groups in total. The molecule has 1 aliphatic rings. The first-order chi connectivity index (χ1) is 10.4. The van der Waals surface area contributed by atoms with Crippen molar-refractivity contribution < 1.29 is 9.53 Å². The molecule has 0 radical (unpaired) electrons. The van der Waals surface area contributed by atoms with Gasteiger partial charge in [-0.1, -0.05) is 25.4 Å². The van der Waals surface area contributed by atoms with E-state index in [2.05, 4.69) is 13.8 Å². The quantitative estimate of drug-likeness (QED) is 0.860. The Kier molecular flexibility index (Phi) is 5.57. The van der Waals surface area contributed by atoms with Crippen molar-refractivity contribution in [2.24, 2.45) is 11.8 Å². The lowest BCUT2D eigenvalue weighted by Gasteiger charge is -2.23. The van der Waals surface area contributed by atoms with Gasteiger partial charge in [0.15, 0.2) is 0 Å². The summed E-state index contributed by atoms with van der Waals surface area (Å²) in [7, 11) is 1.54. The van der Waals surface area contributed by atoms with Crippen LogP contribution in [0.4, 0.5) is 5.69 Å². The van der Waals surface area contributed by atoms with Crippen molar-refractivity contribution in [1.82, 2.24) is 4.90 Å². The molecule has 0 bridgehead atoms. The van der Waals surface area contributed by atoms with E-state index in [9.17, 15) is 4.79 Å². The smallest absolute Gasteiger partial charge is 0.257 e. The minimum Gasteiger partial charge on any atom is -0.496 e. The summed E-state index contributed by atoms with van der Waals surface area (Å²) in [6.07, 6.45) is 3.27. The fourth-order valence-electron chi connectivity index (χ4n) is 3.07. The number of carbonyl (C=O) groups is 1. The van der Waals surface area contributed by atoms with Crippen molar-refractivity contribution in [3.63, 3.8) is 0 Å². The number of rotatable bonds is 3. The van der Waals surface area contributed by atoms with Gasteiger partial charge in [-0.2, -0.15) is 0 Å². The Labute approximate surface area is 137 Å². The normalized spacial score (nSPS) is 19.1. The van der Waals surface area contributed by atoms with Crippen LogP contribution in [-0.2, 0) is 0 Å². The Morgan fingerprint density at radius 1 is 1.36 bits per heavy atom. The second-order valence-electron chi connectivity index (χ2n) is 6.30. The van der Waals surface area contributed by atoms with E-state index in [1.165, 1.54) is 13.5 Å². The molecule has 5 heteroatoms. The number of nitrogens with zero attached hydrogens (tertiary/aromatic N) is 1. The van der Waals surface area contributed by atoms with Crippen LogP contribution < -0.4 is 10.5 Å². The lowest BCUT2D eigenvalue weighted by molar-refractivity contribution is 0.0755. The third-order valence-corrected chi connectivity index (χ3v) is 4.88. The molecule has 1 atom stereocenters. The van der Waals surface area contributed by atoms with Gasteiger partial charge in [-0.3, -0.25) is 4.79 Å². The van der Waals surface area contributed by atoms with Crippen LogP contribution in [0, 0.1) is 11.8 Å². The lowest BCUT2D eigenvalue weighted by atomic mass is 9.89. The zero-order valence-electron chi connectivity index (χ0n) is 13.6. The van der Waals surface area contributed by atoms with Crippen LogP contribution in [0.15, 0.2) is 12.1 Å². The van der Waals surface area contributed by atoms with Crippen LogP contribution in [0.3, 0.4) is 0 Å². The Bertz CT molecular complexity index is 546. The summed E-state index contributed by atoms with van der Waals surface area (Å²) < 4.78 is 5.30. The Morgan fingerprint density at radius 2 is 2.09 bits per heavy atom. The molecule has 1 aliphatic heterocycles. The van der Waals surface area contributed by atoms with Gasteiger partial charge in [0, 0.05) is 19.2 Å². The van der Waals surface area contributed by atoms with Gasteiger partial charge >= 0.3 is 0 Å². The van der Waals surface area contributed by atoms with Crippen LogP contribution in [0.5, 0.6) is 5.75 Å². The maximum Gasteiger partial charge on any atom is 0.257 e. The predicted octanol–water partition coefficient (Wildman–Crippen LogP) is 3.83. The minimum absolute atomic E-state index is 0.0249. The summed E-state index contributed by atoms with van der Waals surface area (Å²) in [5.41, 5.74) is 6.70. The van der Waals surface area contributed by atoms with Crippen molar-refractivity contribution in [1.29, 1.82) is 0 Å². The molecule has 1 unspecified atom stereocenters. The fourth-order valence-corrected chi connectivity index (χ4v) is 3.23. The van der Waals surface area contributed by atoms with E-state index in [0.29, 0.717) is 33.9 Å². The molecule has 0 spiro atoms. The van der Waals surface area contributed by atoms with Gasteiger partial charge in [-0.15, -0.1) is 0 Å². The number of nitrogen functional groups attached to an aromatic ring is 1. The standard InChI is InChI=1S/C17H25ClN2O2/c1-11(2)12-5-4-7-20(8-6-12)17(21)13-9-14(18)15(19)10-16(13)22-3/h9-12H,4-8,19H2,1-3H3. The van der Waals surface area contributed by atoms with Gasteiger partial charge in [0.25, 0.3) is 5.91 Å². The SMILES string of the molecule is COc1cc(N)c(Cl)cc1C(=O)N1CCCC(C(C)C)CC1. The molecular formula is C17H25ClN2O2. The van der Waals surface area contributed by atoms with Crippen LogP contribution in [0.1, 0.15) is 43.5 Å². The van der Waals surface area contributed by atoms with Crippen LogP contribution >= 0.6 is 11.6 Å². The number of likely N-dealkylation sites (tertiary alicyclic amines) is 1. The number of anilines is 1. The average Bonchev–Trinajstić information content (AvgIpc) is 2.74. The molecule has 1 amide bonds. The first kappa shape index (κ1) is 16.9. The first-order valence-corrected chi connectivity index (χ1v) is 8.24. The van der Waals surface area contributed by atoms with Gasteiger partial charge in [0.05, 0.1) is 23.4 Å². The third kappa shape index (κ3) is 3.67. The maximum absolute atomic E-state index is 12.8. The molecule has 4 nitrogen and oxygen atoms in total. The van der Waals surface area contributed by atoms with E-state index < -0.39 is 0 Å². The highest BCUT2D eigenvalue weighted by atomic mass is 35.5. The Hall–Kier alpha value is -1.42. The summed E-state index contributed by atoms with van der Waals surface area (Å²) >= 11 is 6.07. The molecule has 1 heterocycles. The summed E-state index contributed by atoms with van der Waals surface area (Å²) in [5.74, 6) is 1.81. The van der Waals surface area contributed by atoms with E-state index in [4.69, 9.17) is 22.1 Å². The third-order valence-electron chi connectivity index (χ3n) is 4.55. The monoisotopic (exact) mass is 324 g/mol. The van der Waals surface area contributed by atoms with E-state index in [-0.39, 0.29) is 5.91 Å². The number of hydrogen-bond acceptors (Lipinski definition) is 3. The minimum atomic E-state index is -0.0249. The van der Waals surface area contributed by atoms with E-state index in [0.717, 1.165) is 25.9 Å². The zero-order valence-corrected chi connectivity index (χ0v) is 14.3. The molecule has 0 saturated carbocycles. The highest BCUT2D eigenvalue weighted by Crippen LogP contribution is 2.31. The summed E-state index contributed by atoms with van der Waals surface area (Å²) in [4.78, 5) is 14.7. The molecule has 0 aliphatic carbocycles. The number of ether oxygens (including phenoxy) is 1. The summed E-state index contributed by atoms with van der Waals surface area (Å²) in [6.45, 7) is 6.08. The molecule has 2 rings (SSSR count). The van der Waals surface area contributed by atoms with Crippen molar-refractivity contribution in [3.05, 3.63) is 22.7 Å². The number of amides is 1. The molecule has 1 aromatic carbocycles. The van der Waals surface area contributed by atoms with Crippen LogP contribution in [0.25, 0.3) is 0 Å². The number of methoxy groups -OCH3 is 1. The second-order valence-corrected chi connectivity index (χ2v) is 6.71. The van der Waals surface area contributed by atoms with Crippen LogP contribution in [-0.4, -0.2) is 31.0 Å². The zero-order chi connectivity index (χ0) is 16.3. The number of benzene rings is 1. The molecule has 1 saturated heterocycles. The van der Waals surface area contributed by atoms with Crippen LogP contribution in [0.2, 0.25) is 5.02 Å². The molecule has 1 fully saturated rings. The fraction of sp³-hybridized carbons (Fsp3) is 0.588. The number of nitrogens with two attached hydrogens (primary N) is 1. The molecule has 1 aromatic rings. The molecule has 22 heavy (non-hydrogen) atoms. The second kappa shape index (κ2) is 7.23. The largest absolute Gasteiger partial charge is 0.496 e. The van der Waals surface area contributed by atoms with E-state index >= 15 is 0 Å². The van der Waals surface area contributed by atoms with Gasteiger partial charge < -0.3 is 15.4 Å². The topological polar surface area (TPSA) is 55.6 Å². The summed E-state index contributed by atoms with van der Waals surface area (Å²) in [5, 5.41) is 0.388. The van der Waals surface area contributed by atoms with Gasteiger partial charge in [-0.25, -0.2) is 0 Å². The highest BCUT2D eigenvalue weighted by molar-refractivity contribution is 6.33. The maximum atomic E-state index is 12.8.